The molecule has 0 aliphatic rings. The minimum Gasteiger partial charge on any atom is -0.310 e. The third kappa shape index (κ3) is 6.57. The quantitative estimate of drug-likeness (QED) is 0.150. The fraction of sp³-hybridized carbons (Fsp3) is 0. The molecule has 2 heteroatoms. The van der Waals surface area contributed by atoms with E-state index in [9.17, 15) is 0 Å². The van der Waals surface area contributed by atoms with Crippen molar-refractivity contribution in [1.29, 1.82) is 0 Å². The van der Waals surface area contributed by atoms with Gasteiger partial charge in [-0.15, -0.1) is 11.3 Å². The first-order chi connectivity index (χ1) is 27.7. The van der Waals surface area contributed by atoms with Crippen LogP contribution < -0.4 is 4.90 Å². The highest BCUT2D eigenvalue weighted by atomic mass is 32.1. The second kappa shape index (κ2) is 14.7. The average molecular weight is 732 g/mol. The molecule has 1 aromatic heterocycles. The molecular formula is C54H37NS. The monoisotopic (exact) mass is 731 g/mol. The molecule has 0 atom stereocenters. The van der Waals surface area contributed by atoms with E-state index in [2.05, 4.69) is 229 Å². The summed E-state index contributed by atoms with van der Waals surface area (Å²) < 4.78 is 2.64. The van der Waals surface area contributed by atoms with E-state index in [1.807, 2.05) is 11.3 Å². The Hall–Kier alpha value is -7.00. The van der Waals surface area contributed by atoms with Crippen molar-refractivity contribution in [3.05, 3.63) is 224 Å². The molecule has 0 aliphatic heterocycles. The standard InChI is InChI=1S/C54H37NS/c1-3-12-38(13-4-1)42-16-9-18-44(34-42)40-24-29-48(30-25-40)55(49-31-26-41(27-32-49)45-19-10-17-43(35-45)39-14-5-2-6-15-39)50-21-11-20-46(36-50)47-28-33-54-52(37-47)51-22-7-8-23-53(51)56-54/h1-37H. The fourth-order valence-electron chi connectivity index (χ4n) is 7.80. The molecule has 1 heterocycles. The lowest BCUT2D eigenvalue weighted by atomic mass is 9.98. The summed E-state index contributed by atoms with van der Waals surface area (Å²) in [7, 11) is 0. The lowest BCUT2D eigenvalue weighted by Crippen LogP contribution is -2.10. The maximum Gasteiger partial charge on any atom is 0.0467 e. The van der Waals surface area contributed by atoms with E-state index >= 15 is 0 Å². The summed E-state index contributed by atoms with van der Waals surface area (Å²) >= 11 is 1.86. The maximum atomic E-state index is 2.37. The summed E-state index contributed by atoms with van der Waals surface area (Å²) in [6.45, 7) is 0. The summed E-state index contributed by atoms with van der Waals surface area (Å²) in [5, 5.41) is 2.63. The SMILES string of the molecule is c1ccc(-c2cccc(-c3ccc(N(c4ccc(-c5cccc(-c6ccccc6)c5)cc4)c4cccc(-c5ccc6sc7ccccc7c6c5)c4)cc3)c2)cc1. The van der Waals surface area contributed by atoms with Crippen LogP contribution in [0.15, 0.2) is 224 Å². The summed E-state index contributed by atoms with van der Waals surface area (Å²) in [5.74, 6) is 0. The number of hydrogen-bond acceptors (Lipinski definition) is 2. The first-order valence-corrected chi connectivity index (χ1v) is 19.9. The van der Waals surface area contributed by atoms with Gasteiger partial charge >= 0.3 is 0 Å². The number of thiophene rings is 1. The van der Waals surface area contributed by atoms with Gasteiger partial charge in [-0.05, 0) is 122 Å². The van der Waals surface area contributed by atoms with Crippen LogP contribution in [0.25, 0.3) is 75.8 Å². The zero-order valence-corrected chi connectivity index (χ0v) is 31.5. The molecule has 0 saturated heterocycles. The molecule has 0 spiro atoms. The lowest BCUT2D eigenvalue weighted by molar-refractivity contribution is 1.28. The van der Waals surface area contributed by atoms with Crippen molar-refractivity contribution in [1.82, 2.24) is 0 Å². The third-order valence-electron chi connectivity index (χ3n) is 10.7. The topological polar surface area (TPSA) is 3.24 Å². The van der Waals surface area contributed by atoms with E-state index in [0.29, 0.717) is 0 Å². The Morgan fingerprint density at radius 3 is 1.18 bits per heavy atom. The Balaban J connectivity index is 1.04. The van der Waals surface area contributed by atoms with Gasteiger partial charge in [0.25, 0.3) is 0 Å². The molecule has 0 aliphatic carbocycles. The number of anilines is 3. The Bertz CT molecular complexity index is 2820. The molecular weight excluding hydrogens is 695 g/mol. The minimum absolute atomic E-state index is 1.10. The zero-order chi connectivity index (χ0) is 37.3. The van der Waals surface area contributed by atoms with Crippen LogP contribution in [0.5, 0.6) is 0 Å². The van der Waals surface area contributed by atoms with Crippen LogP contribution in [0.2, 0.25) is 0 Å². The Morgan fingerprint density at radius 2 is 0.625 bits per heavy atom. The molecule has 9 aromatic carbocycles. The zero-order valence-electron chi connectivity index (χ0n) is 30.7. The number of benzene rings is 9. The molecule has 0 unspecified atom stereocenters. The summed E-state index contributed by atoms with van der Waals surface area (Å²) in [5.41, 5.74) is 15.4. The maximum absolute atomic E-state index is 2.37. The summed E-state index contributed by atoms with van der Waals surface area (Å²) in [6.07, 6.45) is 0. The molecule has 0 bridgehead atoms. The van der Waals surface area contributed by atoms with Gasteiger partial charge in [0.2, 0.25) is 0 Å². The van der Waals surface area contributed by atoms with Crippen LogP contribution in [0, 0.1) is 0 Å². The number of fused-ring (bicyclic) bond motifs is 3. The van der Waals surface area contributed by atoms with Gasteiger partial charge in [0.15, 0.2) is 0 Å². The number of hydrogen-bond donors (Lipinski definition) is 0. The van der Waals surface area contributed by atoms with Crippen LogP contribution in [0.4, 0.5) is 17.1 Å². The largest absolute Gasteiger partial charge is 0.310 e. The third-order valence-corrected chi connectivity index (χ3v) is 11.8. The van der Waals surface area contributed by atoms with Gasteiger partial charge in [-0.25, -0.2) is 0 Å². The van der Waals surface area contributed by atoms with Gasteiger partial charge in [0.1, 0.15) is 0 Å². The van der Waals surface area contributed by atoms with E-state index in [1.165, 1.54) is 75.8 Å². The van der Waals surface area contributed by atoms with Gasteiger partial charge in [-0.3, -0.25) is 0 Å². The first kappa shape index (κ1) is 33.6. The van der Waals surface area contributed by atoms with E-state index in [-0.39, 0.29) is 0 Å². The molecule has 0 N–H and O–H groups in total. The Kier molecular flexibility index (Phi) is 8.79. The van der Waals surface area contributed by atoms with Crippen LogP contribution in [-0.4, -0.2) is 0 Å². The molecule has 0 amide bonds. The minimum atomic E-state index is 1.10. The van der Waals surface area contributed by atoms with E-state index in [4.69, 9.17) is 0 Å². The fourth-order valence-corrected chi connectivity index (χ4v) is 8.89. The molecule has 264 valence electrons. The van der Waals surface area contributed by atoms with Crippen LogP contribution in [-0.2, 0) is 0 Å². The summed E-state index contributed by atoms with van der Waals surface area (Å²) in [6, 6.07) is 81.3. The Morgan fingerprint density at radius 1 is 0.232 bits per heavy atom. The van der Waals surface area contributed by atoms with E-state index < -0.39 is 0 Å². The highest BCUT2D eigenvalue weighted by molar-refractivity contribution is 7.25. The van der Waals surface area contributed by atoms with Gasteiger partial charge in [0.05, 0.1) is 0 Å². The first-order valence-electron chi connectivity index (χ1n) is 19.1. The van der Waals surface area contributed by atoms with Crippen LogP contribution in [0.3, 0.4) is 0 Å². The predicted molar refractivity (Wildman–Crippen MR) is 241 cm³/mol. The van der Waals surface area contributed by atoms with Gasteiger partial charge < -0.3 is 4.90 Å². The van der Waals surface area contributed by atoms with Gasteiger partial charge in [0, 0.05) is 37.2 Å². The van der Waals surface area contributed by atoms with Crippen molar-refractivity contribution in [2.75, 3.05) is 4.90 Å². The molecule has 0 fully saturated rings. The average Bonchev–Trinajstić information content (AvgIpc) is 3.66. The number of nitrogens with zero attached hydrogens (tertiary/aromatic N) is 1. The van der Waals surface area contributed by atoms with Crippen molar-refractivity contribution >= 4 is 48.6 Å². The number of rotatable bonds is 8. The van der Waals surface area contributed by atoms with Crippen molar-refractivity contribution < 1.29 is 0 Å². The highest BCUT2D eigenvalue weighted by Gasteiger charge is 2.16. The summed E-state index contributed by atoms with van der Waals surface area (Å²) in [4.78, 5) is 2.37. The molecule has 10 aromatic rings. The van der Waals surface area contributed by atoms with Crippen LogP contribution >= 0.6 is 11.3 Å². The highest BCUT2D eigenvalue weighted by Crippen LogP contribution is 2.41. The van der Waals surface area contributed by atoms with Gasteiger partial charge in [-0.1, -0.05) is 158 Å². The molecule has 0 saturated carbocycles. The van der Waals surface area contributed by atoms with Crippen LogP contribution in [0.1, 0.15) is 0 Å². The van der Waals surface area contributed by atoms with Gasteiger partial charge in [-0.2, -0.15) is 0 Å². The van der Waals surface area contributed by atoms with Crippen molar-refractivity contribution in [2.45, 2.75) is 0 Å². The van der Waals surface area contributed by atoms with Crippen molar-refractivity contribution in [3.63, 3.8) is 0 Å². The second-order valence-corrected chi connectivity index (χ2v) is 15.3. The lowest BCUT2D eigenvalue weighted by Gasteiger charge is -2.26. The smallest absolute Gasteiger partial charge is 0.0467 e. The predicted octanol–water partition coefficient (Wildman–Crippen LogP) is 15.9. The Labute approximate surface area is 332 Å². The normalized spacial score (nSPS) is 11.2. The molecule has 10 rings (SSSR count). The molecule has 0 radical (unpaired) electrons. The van der Waals surface area contributed by atoms with Crippen molar-refractivity contribution in [2.24, 2.45) is 0 Å². The van der Waals surface area contributed by atoms with E-state index in [1.54, 1.807) is 0 Å². The molecule has 56 heavy (non-hydrogen) atoms. The second-order valence-electron chi connectivity index (χ2n) is 14.2. The molecule has 1 nitrogen and oxygen atoms in total. The van der Waals surface area contributed by atoms with Crippen molar-refractivity contribution in [3.8, 4) is 55.6 Å². The van der Waals surface area contributed by atoms with E-state index in [0.717, 1.165) is 17.1 Å².